The average molecular weight is 246 g/mol. The Morgan fingerprint density at radius 2 is 2.11 bits per heavy atom. The minimum Gasteiger partial charge on any atom is -0.355 e. The van der Waals surface area contributed by atoms with Crippen LogP contribution in [0.15, 0.2) is 30.3 Å². The zero-order valence-corrected chi connectivity index (χ0v) is 11.0. The maximum atomic E-state index is 11.8. The first-order valence-corrected chi connectivity index (χ1v) is 6.83. The molecule has 1 saturated heterocycles. The van der Waals surface area contributed by atoms with E-state index in [0.29, 0.717) is 6.04 Å². The first kappa shape index (κ1) is 13.1. The molecule has 0 spiro atoms. The highest BCUT2D eigenvalue weighted by Gasteiger charge is 2.21. The summed E-state index contributed by atoms with van der Waals surface area (Å²) in [5.74, 6) is 0.160. The molecule has 98 valence electrons. The third kappa shape index (κ3) is 3.84. The maximum Gasteiger partial charge on any atom is 0.237 e. The fourth-order valence-corrected chi connectivity index (χ4v) is 2.47. The predicted molar refractivity (Wildman–Crippen MR) is 73.4 cm³/mol. The van der Waals surface area contributed by atoms with Crippen LogP contribution < -0.4 is 10.6 Å². The van der Waals surface area contributed by atoms with Crippen molar-refractivity contribution in [2.45, 2.75) is 44.7 Å². The zero-order chi connectivity index (χ0) is 12.8. The highest BCUT2D eigenvalue weighted by atomic mass is 16.2. The van der Waals surface area contributed by atoms with Crippen molar-refractivity contribution in [2.75, 3.05) is 6.54 Å². The van der Waals surface area contributed by atoms with E-state index in [4.69, 9.17) is 0 Å². The Morgan fingerprint density at radius 1 is 1.33 bits per heavy atom. The Balaban J connectivity index is 1.86. The molecule has 0 radical (unpaired) electrons. The molecule has 1 aromatic carbocycles. The number of carbonyl (C=O) groups excluding carboxylic acids is 1. The molecule has 1 aliphatic rings. The lowest BCUT2D eigenvalue weighted by atomic mass is 10.0. The molecule has 0 bridgehead atoms. The molecule has 0 saturated carbocycles. The second-order valence-corrected chi connectivity index (χ2v) is 5.10. The molecule has 3 heteroatoms. The van der Waals surface area contributed by atoms with Gasteiger partial charge >= 0.3 is 0 Å². The first-order valence-electron chi connectivity index (χ1n) is 6.83. The molecule has 2 unspecified atom stereocenters. The number of benzene rings is 1. The van der Waals surface area contributed by atoms with Gasteiger partial charge in [0.25, 0.3) is 0 Å². The van der Waals surface area contributed by atoms with Gasteiger partial charge in [-0.1, -0.05) is 30.3 Å². The summed E-state index contributed by atoms with van der Waals surface area (Å²) in [6, 6.07) is 10.7. The number of hydrogen-bond donors (Lipinski definition) is 2. The van der Waals surface area contributed by atoms with Gasteiger partial charge in [-0.3, -0.25) is 4.79 Å². The highest BCUT2D eigenvalue weighted by Crippen LogP contribution is 2.08. The SMILES string of the molecule is CC(Cc1ccccc1)NC1CCCCNC1=O. The molecular weight excluding hydrogens is 224 g/mol. The third-order valence-electron chi connectivity index (χ3n) is 3.41. The van der Waals surface area contributed by atoms with Gasteiger partial charge in [-0.25, -0.2) is 0 Å². The van der Waals surface area contributed by atoms with Crippen LogP contribution in [-0.2, 0) is 11.2 Å². The van der Waals surface area contributed by atoms with Gasteiger partial charge in [-0.2, -0.15) is 0 Å². The van der Waals surface area contributed by atoms with Crippen LogP contribution in [0.4, 0.5) is 0 Å². The summed E-state index contributed by atoms with van der Waals surface area (Å²) in [5, 5.41) is 6.41. The number of amides is 1. The molecule has 0 aliphatic carbocycles. The van der Waals surface area contributed by atoms with E-state index in [2.05, 4.69) is 41.8 Å². The first-order chi connectivity index (χ1) is 8.75. The van der Waals surface area contributed by atoms with E-state index >= 15 is 0 Å². The van der Waals surface area contributed by atoms with Crippen LogP contribution in [0.25, 0.3) is 0 Å². The molecule has 1 aliphatic heterocycles. The number of nitrogens with one attached hydrogen (secondary N) is 2. The molecule has 3 nitrogen and oxygen atoms in total. The van der Waals surface area contributed by atoms with E-state index in [1.807, 2.05) is 6.07 Å². The van der Waals surface area contributed by atoms with Gasteiger partial charge in [-0.05, 0) is 38.2 Å². The van der Waals surface area contributed by atoms with E-state index < -0.39 is 0 Å². The lowest BCUT2D eigenvalue weighted by Crippen LogP contribution is -2.47. The second-order valence-electron chi connectivity index (χ2n) is 5.10. The van der Waals surface area contributed by atoms with Crippen LogP contribution in [0.2, 0.25) is 0 Å². The topological polar surface area (TPSA) is 41.1 Å². The monoisotopic (exact) mass is 246 g/mol. The number of carbonyl (C=O) groups is 1. The second kappa shape index (κ2) is 6.55. The lowest BCUT2D eigenvalue weighted by Gasteiger charge is -2.21. The Bertz CT molecular complexity index is 377. The average Bonchev–Trinajstić information content (AvgIpc) is 2.56. The van der Waals surface area contributed by atoms with Crippen LogP contribution in [0.3, 0.4) is 0 Å². The lowest BCUT2D eigenvalue weighted by molar-refractivity contribution is -0.123. The van der Waals surface area contributed by atoms with Crippen molar-refractivity contribution in [2.24, 2.45) is 0 Å². The molecular formula is C15H22N2O. The quantitative estimate of drug-likeness (QED) is 0.851. The Morgan fingerprint density at radius 3 is 2.89 bits per heavy atom. The van der Waals surface area contributed by atoms with E-state index in [0.717, 1.165) is 32.2 Å². The van der Waals surface area contributed by atoms with Crippen LogP contribution in [0, 0.1) is 0 Å². The van der Waals surface area contributed by atoms with Crippen molar-refractivity contribution >= 4 is 5.91 Å². The summed E-state index contributed by atoms with van der Waals surface area (Å²) in [7, 11) is 0. The normalized spacial score (nSPS) is 22.1. The molecule has 0 aromatic heterocycles. The molecule has 1 fully saturated rings. The van der Waals surface area contributed by atoms with Crippen LogP contribution >= 0.6 is 0 Å². The largest absolute Gasteiger partial charge is 0.355 e. The van der Waals surface area contributed by atoms with E-state index in [-0.39, 0.29) is 11.9 Å². The number of rotatable bonds is 4. The Labute approximate surface area is 109 Å². The van der Waals surface area contributed by atoms with Crippen molar-refractivity contribution in [3.8, 4) is 0 Å². The van der Waals surface area contributed by atoms with E-state index in [9.17, 15) is 4.79 Å². The van der Waals surface area contributed by atoms with Gasteiger partial charge in [-0.15, -0.1) is 0 Å². The van der Waals surface area contributed by atoms with Crippen molar-refractivity contribution in [1.82, 2.24) is 10.6 Å². The maximum absolute atomic E-state index is 11.8. The standard InChI is InChI=1S/C15H22N2O/c1-12(11-13-7-3-2-4-8-13)17-14-9-5-6-10-16-15(14)18/h2-4,7-8,12,14,17H,5-6,9-11H2,1H3,(H,16,18). The molecule has 18 heavy (non-hydrogen) atoms. The zero-order valence-electron chi connectivity index (χ0n) is 11.0. The predicted octanol–water partition coefficient (Wildman–Crippen LogP) is 1.88. The minimum absolute atomic E-state index is 0.0220. The smallest absolute Gasteiger partial charge is 0.237 e. The van der Waals surface area contributed by atoms with Gasteiger partial charge in [0.2, 0.25) is 5.91 Å². The number of hydrogen-bond acceptors (Lipinski definition) is 2. The summed E-state index contributed by atoms with van der Waals surface area (Å²) in [4.78, 5) is 11.8. The summed E-state index contributed by atoms with van der Waals surface area (Å²) in [6.45, 7) is 2.97. The molecule has 2 N–H and O–H groups in total. The van der Waals surface area contributed by atoms with E-state index in [1.54, 1.807) is 0 Å². The summed E-state index contributed by atoms with van der Waals surface area (Å²) in [6.07, 6.45) is 4.13. The van der Waals surface area contributed by atoms with Gasteiger partial charge in [0.15, 0.2) is 0 Å². The third-order valence-corrected chi connectivity index (χ3v) is 3.41. The molecule has 2 rings (SSSR count). The van der Waals surface area contributed by atoms with Crippen LogP contribution in [0.5, 0.6) is 0 Å². The van der Waals surface area contributed by atoms with Gasteiger partial charge in [0, 0.05) is 12.6 Å². The van der Waals surface area contributed by atoms with Crippen molar-refractivity contribution < 1.29 is 4.79 Å². The van der Waals surface area contributed by atoms with Crippen molar-refractivity contribution in [3.05, 3.63) is 35.9 Å². The van der Waals surface area contributed by atoms with Gasteiger partial charge in [0.1, 0.15) is 0 Å². The highest BCUT2D eigenvalue weighted by molar-refractivity contribution is 5.81. The van der Waals surface area contributed by atoms with E-state index in [1.165, 1.54) is 5.56 Å². The molecule has 1 amide bonds. The van der Waals surface area contributed by atoms with Crippen LogP contribution in [0.1, 0.15) is 31.7 Å². The fraction of sp³-hybridized carbons (Fsp3) is 0.533. The van der Waals surface area contributed by atoms with Crippen molar-refractivity contribution in [3.63, 3.8) is 0 Å². The molecule has 1 heterocycles. The van der Waals surface area contributed by atoms with Crippen molar-refractivity contribution in [1.29, 1.82) is 0 Å². The summed E-state index contributed by atoms with van der Waals surface area (Å²) >= 11 is 0. The van der Waals surface area contributed by atoms with Gasteiger partial charge in [0.05, 0.1) is 6.04 Å². The minimum atomic E-state index is -0.0220. The molecule has 2 atom stereocenters. The molecule has 1 aromatic rings. The summed E-state index contributed by atoms with van der Waals surface area (Å²) < 4.78 is 0. The Hall–Kier alpha value is -1.35. The summed E-state index contributed by atoms with van der Waals surface area (Å²) in [5.41, 5.74) is 1.31. The fourth-order valence-electron chi connectivity index (χ4n) is 2.47. The van der Waals surface area contributed by atoms with Gasteiger partial charge < -0.3 is 10.6 Å². The Kier molecular flexibility index (Phi) is 4.76. The van der Waals surface area contributed by atoms with Crippen LogP contribution in [-0.4, -0.2) is 24.5 Å².